The molecular weight excluding hydrogens is 416 g/mol. The van der Waals surface area contributed by atoms with Crippen LogP contribution in [0.3, 0.4) is 0 Å². The third-order valence-corrected chi connectivity index (χ3v) is 6.24. The standard InChI is InChI=1S/C19H19F2N5O3S/c1-10-5-18(21)9-30-17(22)26-19(18,8-29-10)12-4-11(2-3-13(12)20)25-16(28)14-6-24-15(27)7-23-14/h2-4,6-7,10H,5,8-9H2,1H3,(H2,22,26)(H,24,27)(H,25,28)/t10-,18+,19+/m0/s1. The van der Waals surface area contributed by atoms with Gasteiger partial charge < -0.3 is 20.8 Å². The van der Waals surface area contributed by atoms with Gasteiger partial charge in [-0.05, 0) is 25.1 Å². The molecule has 0 bridgehead atoms. The Bertz CT molecular complexity index is 1070. The Hall–Kier alpha value is -2.79. The molecule has 2 aliphatic heterocycles. The first kappa shape index (κ1) is 20.5. The first-order valence-electron chi connectivity index (χ1n) is 9.17. The van der Waals surface area contributed by atoms with Crippen LogP contribution in [0.1, 0.15) is 29.4 Å². The van der Waals surface area contributed by atoms with Crippen molar-refractivity contribution in [1.29, 1.82) is 0 Å². The molecule has 158 valence electrons. The van der Waals surface area contributed by atoms with E-state index in [9.17, 15) is 14.0 Å². The zero-order valence-electron chi connectivity index (χ0n) is 15.9. The fraction of sp³-hybridized carbons (Fsp3) is 0.368. The maximum Gasteiger partial charge on any atom is 0.275 e. The number of benzene rings is 1. The van der Waals surface area contributed by atoms with Crippen molar-refractivity contribution >= 4 is 28.5 Å². The lowest BCUT2D eigenvalue weighted by molar-refractivity contribution is -0.107. The van der Waals surface area contributed by atoms with Crippen molar-refractivity contribution in [3.63, 3.8) is 0 Å². The molecule has 0 spiro atoms. The largest absolute Gasteiger partial charge is 0.379 e. The van der Waals surface area contributed by atoms with Crippen LogP contribution in [0.4, 0.5) is 14.5 Å². The summed E-state index contributed by atoms with van der Waals surface area (Å²) in [5, 5.41) is 2.72. The normalized spacial score (nSPS) is 28.4. The Balaban J connectivity index is 1.73. The van der Waals surface area contributed by atoms with Gasteiger partial charge in [0.2, 0.25) is 0 Å². The van der Waals surface area contributed by atoms with Crippen molar-refractivity contribution in [2.45, 2.75) is 30.7 Å². The number of amidine groups is 1. The first-order valence-corrected chi connectivity index (χ1v) is 10.2. The third kappa shape index (κ3) is 3.47. The molecule has 3 heterocycles. The lowest BCUT2D eigenvalue weighted by atomic mass is 9.72. The second-order valence-electron chi connectivity index (χ2n) is 7.34. The molecule has 3 atom stereocenters. The van der Waals surface area contributed by atoms with Gasteiger partial charge in [-0.25, -0.2) is 18.8 Å². The molecule has 11 heteroatoms. The molecule has 0 aliphatic carbocycles. The summed E-state index contributed by atoms with van der Waals surface area (Å²) >= 11 is 1.08. The van der Waals surface area contributed by atoms with E-state index in [1.54, 1.807) is 6.92 Å². The lowest BCUT2D eigenvalue weighted by Crippen LogP contribution is -2.60. The Morgan fingerprint density at radius 2 is 2.27 bits per heavy atom. The number of H-pyrrole nitrogens is 1. The van der Waals surface area contributed by atoms with E-state index in [4.69, 9.17) is 10.5 Å². The Morgan fingerprint density at radius 3 is 3.00 bits per heavy atom. The van der Waals surface area contributed by atoms with Gasteiger partial charge in [0.05, 0.1) is 18.9 Å². The highest BCUT2D eigenvalue weighted by Gasteiger charge is 2.60. The summed E-state index contributed by atoms with van der Waals surface area (Å²) in [6, 6.07) is 3.81. The van der Waals surface area contributed by atoms with Crippen molar-refractivity contribution in [2.24, 2.45) is 10.7 Å². The monoisotopic (exact) mass is 435 g/mol. The Labute approximate surface area is 174 Å². The zero-order valence-corrected chi connectivity index (χ0v) is 16.8. The smallest absolute Gasteiger partial charge is 0.275 e. The van der Waals surface area contributed by atoms with Crippen LogP contribution in [-0.2, 0) is 10.3 Å². The number of nitrogens with two attached hydrogens (primary N) is 1. The minimum atomic E-state index is -1.87. The van der Waals surface area contributed by atoms with E-state index in [0.29, 0.717) is 0 Å². The predicted octanol–water partition coefficient (Wildman–Crippen LogP) is 1.94. The van der Waals surface area contributed by atoms with E-state index in [-0.39, 0.29) is 47.0 Å². The Morgan fingerprint density at radius 1 is 1.47 bits per heavy atom. The van der Waals surface area contributed by atoms with E-state index >= 15 is 4.39 Å². The number of carbonyl (C=O) groups excluding carboxylic acids is 1. The van der Waals surface area contributed by atoms with E-state index in [0.717, 1.165) is 30.2 Å². The van der Waals surface area contributed by atoms with Gasteiger partial charge in [-0.2, -0.15) is 0 Å². The molecule has 1 fully saturated rings. The SMILES string of the molecule is C[C@H]1C[C@@]2(F)CSC(N)=N[C@@]2(c2cc(NC(=O)c3c[nH]c(=O)cn3)ccc2F)CO1. The van der Waals surface area contributed by atoms with Crippen molar-refractivity contribution in [3.05, 3.63) is 58.0 Å². The van der Waals surface area contributed by atoms with Crippen LogP contribution in [-0.4, -0.2) is 45.2 Å². The number of thioether (sulfide) groups is 1. The van der Waals surface area contributed by atoms with E-state index in [1.807, 2.05) is 0 Å². The van der Waals surface area contributed by atoms with Crippen LogP contribution in [0.5, 0.6) is 0 Å². The average molecular weight is 435 g/mol. The average Bonchev–Trinajstić information content (AvgIpc) is 2.70. The second kappa shape index (κ2) is 7.47. The number of nitrogens with one attached hydrogen (secondary N) is 2. The van der Waals surface area contributed by atoms with E-state index in [2.05, 4.69) is 20.3 Å². The fourth-order valence-corrected chi connectivity index (χ4v) is 4.71. The molecule has 2 aromatic rings. The number of halogens is 2. The summed E-state index contributed by atoms with van der Waals surface area (Å²) < 4.78 is 36.7. The number of ether oxygens (including phenoxy) is 1. The number of carbonyl (C=O) groups is 1. The van der Waals surface area contributed by atoms with Crippen molar-refractivity contribution in [1.82, 2.24) is 9.97 Å². The summed E-state index contributed by atoms with van der Waals surface area (Å²) in [4.78, 5) is 33.9. The molecule has 4 N–H and O–H groups in total. The molecule has 1 saturated heterocycles. The van der Waals surface area contributed by atoms with Crippen LogP contribution in [0.2, 0.25) is 0 Å². The van der Waals surface area contributed by atoms with Crippen LogP contribution in [0.15, 0.2) is 40.4 Å². The van der Waals surface area contributed by atoms with Gasteiger partial charge in [-0.3, -0.25) is 9.59 Å². The molecule has 8 nitrogen and oxygen atoms in total. The highest BCUT2D eigenvalue weighted by molar-refractivity contribution is 8.13. The van der Waals surface area contributed by atoms with Crippen LogP contribution in [0.25, 0.3) is 0 Å². The van der Waals surface area contributed by atoms with Crippen LogP contribution < -0.4 is 16.6 Å². The fourth-order valence-electron chi connectivity index (χ4n) is 3.76. The molecular formula is C19H19F2N5O3S. The molecule has 2 aliphatic rings. The molecule has 1 aromatic carbocycles. The summed E-state index contributed by atoms with van der Waals surface area (Å²) in [7, 11) is 0. The number of alkyl halides is 1. The van der Waals surface area contributed by atoms with Gasteiger partial charge >= 0.3 is 0 Å². The molecule has 0 unspecified atom stereocenters. The third-order valence-electron chi connectivity index (χ3n) is 5.25. The molecule has 4 rings (SSSR count). The number of aromatic nitrogens is 2. The van der Waals surface area contributed by atoms with E-state index < -0.39 is 28.5 Å². The summed E-state index contributed by atoms with van der Waals surface area (Å²) in [6.07, 6.45) is 1.82. The number of hydrogen-bond acceptors (Lipinski definition) is 7. The number of aromatic amines is 1. The zero-order chi connectivity index (χ0) is 21.5. The van der Waals surface area contributed by atoms with E-state index in [1.165, 1.54) is 12.1 Å². The topological polar surface area (TPSA) is 122 Å². The van der Waals surface area contributed by atoms with Gasteiger partial charge in [0.25, 0.3) is 11.5 Å². The van der Waals surface area contributed by atoms with Crippen molar-refractivity contribution < 1.29 is 18.3 Å². The van der Waals surface area contributed by atoms with Crippen molar-refractivity contribution in [3.8, 4) is 0 Å². The molecule has 0 radical (unpaired) electrons. The molecule has 0 saturated carbocycles. The Kier molecular flexibility index (Phi) is 5.10. The number of amides is 1. The van der Waals surface area contributed by atoms with Gasteiger partial charge in [0, 0.05) is 29.6 Å². The van der Waals surface area contributed by atoms with Crippen LogP contribution >= 0.6 is 11.8 Å². The van der Waals surface area contributed by atoms with Gasteiger partial charge in [-0.1, -0.05) is 11.8 Å². The first-order chi connectivity index (χ1) is 14.2. The quantitative estimate of drug-likeness (QED) is 0.677. The summed E-state index contributed by atoms with van der Waals surface area (Å²) in [6.45, 7) is 1.57. The minimum Gasteiger partial charge on any atom is -0.379 e. The van der Waals surface area contributed by atoms with Crippen molar-refractivity contribution in [2.75, 3.05) is 17.7 Å². The molecule has 1 amide bonds. The summed E-state index contributed by atoms with van der Waals surface area (Å²) in [5.41, 5.74) is 2.02. The highest BCUT2D eigenvalue weighted by Crippen LogP contribution is 2.51. The predicted molar refractivity (Wildman–Crippen MR) is 109 cm³/mol. The van der Waals surface area contributed by atoms with Crippen LogP contribution in [0, 0.1) is 5.82 Å². The van der Waals surface area contributed by atoms with Gasteiger partial charge in [-0.15, -0.1) is 0 Å². The number of nitrogens with zero attached hydrogens (tertiary/aromatic N) is 2. The lowest BCUT2D eigenvalue weighted by Gasteiger charge is -2.49. The number of anilines is 1. The maximum absolute atomic E-state index is 16.1. The maximum atomic E-state index is 16.1. The van der Waals surface area contributed by atoms with Gasteiger partial charge in [0.15, 0.2) is 10.8 Å². The number of hydrogen-bond donors (Lipinski definition) is 3. The number of fused-ring (bicyclic) bond motifs is 1. The number of aliphatic imine (C=N–C) groups is 1. The minimum absolute atomic E-state index is 0.0212. The molecule has 1 aromatic heterocycles. The van der Waals surface area contributed by atoms with Gasteiger partial charge in [0.1, 0.15) is 17.1 Å². The number of rotatable bonds is 3. The second-order valence-corrected chi connectivity index (χ2v) is 8.33. The molecule has 30 heavy (non-hydrogen) atoms. The summed E-state index contributed by atoms with van der Waals surface area (Å²) in [5.74, 6) is -1.28. The highest BCUT2D eigenvalue weighted by atomic mass is 32.2.